The lowest BCUT2D eigenvalue weighted by Gasteiger charge is -2.13. The average molecular weight is 268 g/mol. The third-order valence-electron chi connectivity index (χ3n) is 1.93. The Bertz CT molecular complexity index is 484. The number of esters is 1. The van der Waals surface area contributed by atoms with Crippen molar-refractivity contribution in [2.24, 2.45) is 0 Å². The van der Waals surface area contributed by atoms with E-state index in [1.54, 1.807) is 0 Å². The zero-order chi connectivity index (χ0) is 14.4. The van der Waals surface area contributed by atoms with Gasteiger partial charge in [0.05, 0.1) is 4.92 Å². The first-order valence-electron chi connectivity index (χ1n) is 5.28. The molecule has 0 aliphatic rings. The predicted octanol–water partition coefficient (Wildman–Crippen LogP) is 2.05. The lowest BCUT2D eigenvalue weighted by atomic mass is 10.3. The SMILES string of the molecule is CC(=O)OC(C)OC(=O)Nc1ccc([N+](=O)[O-])cc1. The van der Waals surface area contributed by atoms with Crippen LogP contribution in [0.1, 0.15) is 13.8 Å². The maximum absolute atomic E-state index is 11.4. The van der Waals surface area contributed by atoms with Crippen molar-refractivity contribution in [1.82, 2.24) is 0 Å². The summed E-state index contributed by atoms with van der Waals surface area (Å²) in [6.45, 7) is 2.57. The number of anilines is 1. The van der Waals surface area contributed by atoms with Gasteiger partial charge in [0, 0.05) is 31.7 Å². The van der Waals surface area contributed by atoms with Gasteiger partial charge in [-0.3, -0.25) is 20.2 Å². The van der Waals surface area contributed by atoms with Gasteiger partial charge in [0.25, 0.3) is 5.69 Å². The Hall–Kier alpha value is -2.64. The van der Waals surface area contributed by atoms with E-state index in [9.17, 15) is 19.7 Å². The van der Waals surface area contributed by atoms with Crippen molar-refractivity contribution in [3.05, 3.63) is 34.4 Å². The normalized spacial score (nSPS) is 11.3. The summed E-state index contributed by atoms with van der Waals surface area (Å²) >= 11 is 0. The number of non-ortho nitro benzene ring substituents is 1. The van der Waals surface area contributed by atoms with E-state index in [4.69, 9.17) is 4.74 Å². The van der Waals surface area contributed by atoms with Crippen LogP contribution in [0.3, 0.4) is 0 Å². The number of ether oxygens (including phenoxy) is 2. The fourth-order valence-corrected chi connectivity index (χ4v) is 1.22. The van der Waals surface area contributed by atoms with E-state index >= 15 is 0 Å². The molecule has 0 saturated heterocycles. The molecule has 1 unspecified atom stereocenters. The van der Waals surface area contributed by atoms with Gasteiger partial charge in [0.1, 0.15) is 0 Å². The average Bonchev–Trinajstić information content (AvgIpc) is 2.27. The minimum absolute atomic E-state index is 0.0906. The number of amides is 1. The van der Waals surface area contributed by atoms with Crippen LogP contribution in [-0.2, 0) is 14.3 Å². The number of carbonyl (C=O) groups excluding carboxylic acids is 2. The van der Waals surface area contributed by atoms with E-state index in [0.717, 1.165) is 0 Å². The molecule has 8 heteroatoms. The number of hydrogen-bond donors (Lipinski definition) is 1. The number of nitrogens with zero attached hydrogens (tertiary/aromatic N) is 1. The van der Waals surface area contributed by atoms with Crippen LogP contribution in [-0.4, -0.2) is 23.3 Å². The van der Waals surface area contributed by atoms with Gasteiger partial charge in [-0.15, -0.1) is 0 Å². The van der Waals surface area contributed by atoms with Crippen LogP contribution in [0.2, 0.25) is 0 Å². The molecule has 0 aromatic heterocycles. The molecule has 1 rings (SSSR count). The molecule has 19 heavy (non-hydrogen) atoms. The van der Waals surface area contributed by atoms with Crippen LogP contribution < -0.4 is 5.32 Å². The molecule has 0 fully saturated rings. The Kier molecular flexibility index (Phi) is 4.81. The molecule has 0 heterocycles. The first-order chi connectivity index (χ1) is 8.88. The number of nitro benzene ring substituents is 1. The molecule has 0 saturated carbocycles. The number of hydrogen-bond acceptors (Lipinski definition) is 6. The lowest BCUT2D eigenvalue weighted by molar-refractivity contribution is -0.384. The van der Waals surface area contributed by atoms with Gasteiger partial charge >= 0.3 is 12.1 Å². The maximum atomic E-state index is 11.4. The highest BCUT2D eigenvalue weighted by Crippen LogP contribution is 2.15. The first kappa shape index (κ1) is 14.4. The lowest BCUT2D eigenvalue weighted by Crippen LogP contribution is -2.23. The third-order valence-corrected chi connectivity index (χ3v) is 1.93. The standard InChI is InChI=1S/C11H12N2O6/c1-7(14)18-8(2)19-11(15)12-9-3-5-10(6-4-9)13(16)17/h3-6,8H,1-2H3,(H,12,15). The van der Waals surface area contributed by atoms with E-state index in [1.165, 1.54) is 38.1 Å². The molecule has 0 aliphatic heterocycles. The van der Waals surface area contributed by atoms with E-state index in [-0.39, 0.29) is 5.69 Å². The second kappa shape index (κ2) is 6.34. The molecular weight excluding hydrogens is 256 g/mol. The highest BCUT2D eigenvalue weighted by molar-refractivity contribution is 5.84. The molecule has 0 aliphatic carbocycles. The summed E-state index contributed by atoms with van der Waals surface area (Å²) in [5.41, 5.74) is 0.234. The van der Waals surface area contributed by atoms with Gasteiger partial charge in [-0.05, 0) is 12.1 Å². The summed E-state index contributed by atoms with van der Waals surface area (Å²) in [5, 5.41) is 12.8. The Morgan fingerprint density at radius 3 is 2.32 bits per heavy atom. The molecule has 1 amide bonds. The van der Waals surface area contributed by atoms with Crippen molar-refractivity contribution in [3.63, 3.8) is 0 Å². The Morgan fingerprint density at radius 2 is 1.84 bits per heavy atom. The zero-order valence-corrected chi connectivity index (χ0v) is 10.3. The third kappa shape index (κ3) is 5.02. The minimum Gasteiger partial charge on any atom is -0.426 e. The van der Waals surface area contributed by atoms with Crippen LogP contribution in [0.4, 0.5) is 16.2 Å². The number of nitrogens with one attached hydrogen (secondary N) is 1. The number of carbonyl (C=O) groups is 2. The molecular formula is C11H12N2O6. The van der Waals surface area contributed by atoms with Crippen molar-refractivity contribution < 1.29 is 24.0 Å². The second-order valence-corrected chi connectivity index (χ2v) is 3.51. The minimum atomic E-state index is -1.02. The smallest absolute Gasteiger partial charge is 0.414 e. The highest BCUT2D eigenvalue weighted by atomic mass is 16.7. The van der Waals surface area contributed by atoms with Crippen LogP contribution in [0.15, 0.2) is 24.3 Å². The van der Waals surface area contributed by atoms with Crippen molar-refractivity contribution in [1.29, 1.82) is 0 Å². The van der Waals surface area contributed by atoms with E-state index in [0.29, 0.717) is 5.69 Å². The second-order valence-electron chi connectivity index (χ2n) is 3.51. The fraction of sp³-hybridized carbons (Fsp3) is 0.273. The summed E-state index contributed by atoms with van der Waals surface area (Å²) in [6.07, 6.45) is -1.85. The molecule has 0 bridgehead atoms. The van der Waals surface area contributed by atoms with Crippen molar-refractivity contribution in [3.8, 4) is 0 Å². The predicted molar refractivity (Wildman–Crippen MR) is 64.4 cm³/mol. The summed E-state index contributed by atoms with van der Waals surface area (Å²) < 4.78 is 9.31. The molecule has 1 atom stereocenters. The number of benzene rings is 1. The van der Waals surface area contributed by atoms with Gasteiger partial charge in [-0.2, -0.15) is 0 Å². The van der Waals surface area contributed by atoms with E-state index < -0.39 is 23.3 Å². The number of nitro groups is 1. The fourth-order valence-electron chi connectivity index (χ4n) is 1.22. The van der Waals surface area contributed by atoms with Crippen LogP contribution >= 0.6 is 0 Å². The van der Waals surface area contributed by atoms with Gasteiger partial charge in [0.15, 0.2) is 0 Å². The summed E-state index contributed by atoms with van der Waals surface area (Å²) in [4.78, 5) is 31.8. The molecule has 8 nitrogen and oxygen atoms in total. The van der Waals surface area contributed by atoms with Crippen LogP contribution in [0, 0.1) is 10.1 Å². The summed E-state index contributed by atoms with van der Waals surface area (Å²) in [5.74, 6) is -0.573. The maximum Gasteiger partial charge on any atom is 0.414 e. The van der Waals surface area contributed by atoms with Gasteiger partial charge in [-0.1, -0.05) is 0 Å². The first-order valence-corrected chi connectivity index (χ1v) is 5.28. The quantitative estimate of drug-likeness (QED) is 0.387. The Labute approximate surface area is 108 Å². The van der Waals surface area contributed by atoms with Crippen molar-refractivity contribution in [2.75, 3.05) is 5.32 Å². The van der Waals surface area contributed by atoms with Crippen LogP contribution in [0.5, 0.6) is 0 Å². The van der Waals surface area contributed by atoms with Crippen molar-refractivity contribution >= 4 is 23.4 Å². The molecule has 102 valence electrons. The highest BCUT2D eigenvalue weighted by Gasteiger charge is 2.12. The summed E-state index contributed by atoms with van der Waals surface area (Å²) in [6, 6.07) is 5.20. The molecule has 1 N–H and O–H groups in total. The van der Waals surface area contributed by atoms with Gasteiger partial charge in [0.2, 0.25) is 6.29 Å². The Morgan fingerprint density at radius 1 is 1.26 bits per heavy atom. The molecule has 1 aromatic rings. The zero-order valence-electron chi connectivity index (χ0n) is 10.3. The van der Waals surface area contributed by atoms with E-state index in [2.05, 4.69) is 10.1 Å². The van der Waals surface area contributed by atoms with Crippen LogP contribution in [0.25, 0.3) is 0 Å². The molecule has 1 aromatic carbocycles. The van der Waals surface area contributed by atoms with Gasteiger partial charge < -0.3 is 9.47 Å². The molecule has 0 spiro atoms. The van der Waals surface area contributed by atoms with E-state index in [1.807, 2.05) is 0 Å². The molecule has 0 radical (unpaired) electrons. The largest absolute Gasteiger partial charge is 0.426 e. The summed E-state index contributed by atoms with van der Waals surface area (Å²) in [7, 11) is 0. The van der Waals surface area contributed by atoms with Crippen molar-refractivity contribution in [2.45, 2.75) is 20.1 Å². The topological polar surface area (TPSA) is 108 Å². The Balaban J connectivity index is 2.52. The number of rotatable bonds is 4. The monoisotopic (exact) mass is 268 g/mol. The van der Waals surface area contributed by atoms with Gasteiger partial charge in [-0.25, -0.2) is 4.79 Å².